The van der Waals surface area contributed by atoms with Crippen molar-refractivity contribution in [2.24, 2.45) is 0 Å². The molecule has 0 bridgehead atoms. The zero-order valence-corrected chi connectivity index (χ0v) is 12.3. The maximum absolute atomic E-state index is 10.9. The van der Waals surface area contributed by atoms with Gasteiger partial charge in [0.05, 0.1) is 4.92 Å². The lowest BCUT2D eigenvalue weighted by atomic mass is 10.1. The third kappa shape index (κ3) is 3.11. The number of ether oxygens (including phenoxy) is 1. The topological polar surface area (TPSA) is 89.7 Å². The maximum Gasteiger partial charge on any atom is 0.506 e. The first-order valence-electron chi connectivity index (χ1n) is 5.75. The van der Waals surface area contributed by atoms with E-state index in [0.717, 1.165) is 0 Å². The van der Waals surface area contributed by atoms with Gasteiger partial charge in [-0.3, -0.25) is 10.1 Å². The highest BCUT2D eigenvalue weighted by Gasteiger charge is 2.44. The third-order valence-electron chi connectivity index (χ3n) is 3.35. The summed E-state index contributed by atoms with van der Waals surface area (Å²) in [5.74, 6) is 0. The monoisotopic (exact) mass is 283 g/mol. The molecule has 6 nitrogen and oxygen atoms in total. The number of non-ortho nitro benzene ring substituents is 1. The molecule has 1 aromatic rings. The highest BCUT2D eigenvalue weighted by Crippen LogP contribution is 2.36. The van der Waals surface area contributed by atoms with E-state index in [1.807, 2.05) is 19.6 Å². The van der Waals surface area contributed by atoms with Crippen LogP contribution in [0.3, 0.4) is 0 Å². The smallest absolute Gasteiger partial charge is 0.450 e. The second-order valence-electron chi connectivity index (χ2n) is 5.46. The van der Waals surface area contributed by atoms with E-state index >= 15 is 0 Å². The third-order valence-corrected chi connectivity index (χ3v) is 6.60. The molecule has 0 spiro atoms. The summed E-state index contributed by atoms with van der Waals surface area (Å²) < 4.78 is 5.10. The molecule has 0 aliphatic heterocycles. The Balaban J connectivity index is 3.26. The van der Waals surface area contributed by atoms with Gasteiger partial charge in [0, 0.05) is 12.1 Å². The van der Waals surface area contributed by atoms with E-state index in [0.29, 0.717) is 5.56 Å². The average molecular weight is 283 g/mol. The Morgan fingerprint density at radius 3 is 2.11 bits per heavy atom. The molecule has 1 atom stereocenters. The van der Waals surface area contributed by atoms with Crippen LogP contribution in [0, 0.1) is 10.1 Å². The largest absolute Gasteiger partial charge is 0.506 e. The van der Waals surface area contributed by atoms with E-state index in [-0.39, 0.29) is 5.69 Å². The van der Waals surface area contributed by atoms with Crippen molar-refractivity contribution in [2.45, 2.75) is 31.8 Å². The van der Waals surface area contributed by atoms with Crippen molar-refractivity contribution in [2.75, 3.05) is 0 Å². The standard InChI is InChI=1S/C12H17NO5Si/c1-12(18-11(14)15,19(2,3)4)9-5-7-10(8-6-9)13(16)17/h5-8H,1-4H3,(H,14,15). The number of benzene rings is 1. The van der Waals surface area contributed by atoms with Gasteiger partial charge in [0.15, 0.2) is 0 Å². The van der Waals surface area contributed by atoms with Gasteiger partial charge >= 0.3 is 6.16 Å². The van der Waals surface area contributed by atoms with Crippen molar-refractivity contribution in [3.63, 3.8) is 0 Å². The molecule has 0 amide bonds. The maximum atomic E-state index is 10.9. The summed E-state index contributed by atoms with van der Waals surface area (Å²) in [7, 11) is -2.03. The van der Waals surface area contributed by atoms with Crippen molar-refractivity contribution in [1.29, 1.82) is 0 Å². The van der Waals surface area contributed by atoms with Crippen LogP contribution in [0.5, 0.6) is 0 Å². The van der Waals surface area contributed by atoms with Gasteiger partial charge in [0.1, 0.15) is 13.3 Å². The van der Waals surface area contributed by atoms with Gasteiger partial charge in [0.2, 0.25) is 0 Å². The first kappa shape index (κ1) is 15.2. The molecular formula is C12H17NO5Si. The Hall–Kier alpha value is -1.89. The normalized spacial score (nSPS) is 14.5. The van der Waals surface area contributed by atoms with E-state index in [4.69, 9.17) is 9.84 Å². The van der Waals surface area contributed by atoms with Gasteiger partial charge in [-0.25, -0.2) is 4.79 Å². The van der Waals surface area contributed by atoms with Crippen molar-refractivity contribution < 1.29 is 19.6 Å². The number of nitrogens with zero attached hydrogens (tertiary/aromatic N) is 1. The zero-order valence-electron chi connectivity index (χ0n) is 11.3. The summed E-state index contributed by atoms with van der Waals surface area (Å²) in [6.07, 6.45) is -1.34. The number of hydrogen-bond acceptors (Lipinski definition) is 4. The molecule has 19 heavy (non-hydrogen) atoms. The molecule has 0 fully saturated rings. The fraction of sp³-hybridized carbons (Fsp3) is 0.417. The summed E-state index contributed by atoms with van der Waals surface area (Å²) in [6, 6.07) is 5.83. The second-order valence-corrected chi connectivity index (χ2v) is 10.9. The number of hydrogen-bond donors (Lipinski definition) is 1. The van der Waals surface area contributed by atoms with Crippen LogP contribution in [0.1, 0.15) is 12.5 Å². The van der Waals surface area contributed by atoms with Crippen molar-refractivity contribution >= 4 is 19.9 Å². The molecule has 0 aromatic heterocycles. The Labute approximate surface area is 112 Å². The Morgan fingerprint density at radius 1 is 1.32 bits per heavy atom. The van der Waals surface area contributed by atoms with Crippen LogP contribution < -0.4 is 0 Å². The highest BCUT2D eigenvalue weighted by atomic mass is 28.3. The first-order valence-corrected chi connectivity index (χ1v) is 9.25. The SMILES string of the molecule is CC(OC(=O)O)(c1ccc([N+](=O)[O-])cc1)[Si](C)(C)C. The number of rotatable bonds is 4. The zero-order chi connectivity index (χ0) is 14.8. The number of nitro groups is 1. The molecule has 0 saturated carbocycles. The molecule has 1 aromatic carbocycles. The number of carboxylic acid groups (broad SMARTS) is 1. The fourth-order valence-electron chi connectivity index (χ4n) is 1.72. The lowest BCUT2D eigenvalue weighted by molar-refractivity contribution is -0.384. The van der Waals surface area contributed by atoms with Crippen LogP contribution in [-0.2, 0) is 9.96 Å². The molecule has 7 heteroatoms. The second kappa shape index (κ2) is 5.00. The Kier molecular flexibility index (Phi) is 3.99. The van der Waals surface area contributed by atoms with Gasteiger partial charge in [0.25, 0.3) is 5.69 Å². The summed E-state index contributed by atoms with van der Waals surface area (Å²) >= 11 is 0. The lowest BCUT2D eigenvalue weighted by Gasteiger charge is -2.39. The molecule has 1 N–H and O–H groups in total. The molecule has 0 aliphatic carbocycles. The summed E-state index contributed by atoms with van der Waals surface area (Å²) in [5.41, 5.74) is 0.608. The van der Waals surface area contributed by atoms with Crippen LogP contribution in [0.4, 0.5) is 10.5 Å². The summed E-state index contributed by atoms with van der Waals surface area (Å²) in [6.45, 7) is 7.67. The fourth-order valence-corrected chi connectivity index (χ4v) is 3.15. The van der Waals surface area contributed by atoms with Crippen LogP contribution in [0.25, 0.3) is 0 Å². The molecular weight excluding hydrogens is 266 g/mol. The number of nitro benzene ring substituents is 1. The summed E-state index contributed by atoms with van der Waals surface area (Å²) in [5, 5.41) is 18.6. The Bertz CT molecular complexity index is 494. The minimum Gasteiger partial charge on any atom is -0.450 e. The molecule has 0 aliphatic rings. The molecule has 0 radical (unpaired) electrons. The predicted octanol–water partition coefficient (Wildman–Crippen LogP) is 3.38. The lowest BCUT2D eigenvalue weighted by Crippen LogP contribution is -2.50. The van der Waals surface area contributed by atoms with Crippen molar-refractivity contribution in [3.8, 4) is 0 Å². The highest BCUT2D eigenvalue weighted by molar-refractivity contribution is 6.78. The van der Waals surface area contributed by atoms with E-state index < -0.39 is 24.4 Å². The first-order chi connectivity index (χ1) is 8.58. The summed E-state index contributed by atoms with van der Waals surface area (Å²) in [4.78, 5) is 21.0. The Morgan fingerprint density at radius 2 is 1.79 bits per heavy atom. The van der Waals surface area contributed by atoms with Crippen LogP contribution in [0.2, 0.25) is 19.6 Å². The van der Waals surface area contributed by atoms with Gasteiger partial charge in [-0.1, -0.05) is 19.6 Å². The predicted molar refractivity (Wildman–Crippen MR) is 72.9 cm³/mol. The van der Waals surface area contributed by atoms with Crippen molar-refractivity contribution in [1.82, 2.24) is 0 Å². The van der Waals surface area contributed by atoms with E-state index in [9.17, 15) is 14.9 Å². The average Bonchev–Trinajstić information content (AvgIpc) is 2.26. The van der Waals surface area contributed by atoms with Crippen LogP contribution in [-0.4, -0.2) is 24.3 Å². The van der Waals surface area contributed by atoms with E-state index in [2.05, 4.69) is 0 Å². The van der Waals surface area contributed by atoms with E-state index in [1.54, 1.807) is 19.1 Å². The number of carbonyl (C=O) groups is 1. The van der Waals surface area contributed by atoms with Crippen LogP contribution in [0.15, 0.2) is 24.3 Å². The molecule has 0 saturated heterocycles. The van der Waals surface area contributed by atoms with Gasteiger partial charge in [-0.05, 0) is 24.6 Å². The molecule has 1 unspecified atom stereocenters. The van der Waals surface area contributed by atoms with Crippen LogP contribution >= 0.6 is 0 Å². The minimum atomic E-state index is -2.03. The minimum absolute atomic E-state index is 0.0306. The molecule has 104 valence electrons. The quantitative estimate of drug-likeness (QED) is 0.396. The van der Waals surface area contributed by atoms with Gasteiger partial charge < -0.3 is 9.84 Å². The molecule has 0 heterocycles. The van der Waals surface area contributed by atoms with Gasteiger partial charge in [-0.2, -0.15) is 0 Å². The van der Waals surface area contributed by atoms with E-state index in [1.165, 1.54) is 12.1 Å². The molecule has 1 rings (SSSR count). The van der Waals surface area contributed by atoms with Crippen molar-refractivity contribution in [3.05, 3.63) is 39.9 Å². The van der Waals surface area contributed by atoms with Gasteiger partial charge in [-0.15, -0.1) is 0 Å².